The van der Waals surface area contributed by atoms with Crippen molar-refractivity contribution in [2.75, 3.05) is 26.1 Å². The Morgan fingerprint density at radius 3 is 2.52 bits per heavy atom. The summed E-state index contributed by atoms with van der Waals surface area (Å²) < 4.78 is 10.7. The molecule has 1 aliphatic heterocycles. The van der Waals surface area contributed by atoms with Gasteiger partial charge < -0.3 is 19.7 Å². The summed E-state index contributed by atoms with van der Waals surface area (Å²) in [6.45, 7) is 0.705. The maximum Gasteiger partial charge on any atom is 0.254 e. The van der Waals surface area contributed by atoms with Crippen molar-refractivity contribution in [2.24, 2.45) is 5.92 Å². The molecule has 6 heteroatoms. The largest absolute Gasteiger partial charge is 0.493 e. The lowest BCUT2D eigenvalue weighted by molar-refractivity contribution is -0.117. The Morgan fingerprint density at radius 1 is 1.00 bits per heavy atom. The first-order valence-corrected chi connectivity index (χ1v) is 10.0. The second-order valence-electron chi connectivity index (χ2n) is 7.62. The SMILES string of the molecule is COc1ccc(C2CCCN2C(=O)c2cccc(NC(=O)C3CC3)c2)cc1OC. The van der Waals surface area contributed by atoms with E-state index in [0.29, 0.717) is 29.3 Å². The first-order chi connectivity index (χ1) is 14.1. The van der Waals surface area contributed by atoms with E-state index in [2.05, 4.69) is 5.32 Å². The topological polar surface area (TPSA) is 67.9 Å². The molecule has 2 aromatic rings. The Kier molecular flexibility index (Phi) is 5.43. The zero-order chi connectivity index (χ0) is 20.4. The quantitative estimate of drug-likeness (QED) is 0.803. The molecule has 1 saturated carbocycles. The molecule has 29 heavy (non-hydrogen) atoms. The van der Waals surface area contributed by atoms with Gasteiger partial charge in [-0.05, 0) is 61.6 Å². The van der Waals surface area contributed by atoms with E-state index >= 15 is 0 Å². The summed E-state index contributed by atoms with van der Waals surface area (Å²) in [5.74, 6) is 1.48. The number of benzene rings is 2. The summed E-state index contributed by atoms with van der Waals surface area (Å²) in [5.41, 5.74) is 2.30. The van der Waals surface area contributed by atoms with Gasteiger partial charge in [-0.1, -0.05) is 12.1 Å². The Labute approximate surface area is 170 Å². The number of likely N-dealkylation sites (tertiary alicyclic amines) is 1. The van der Waals surface area contributed by atoms with Crippen LogP contribution in [-0.2, 0) is 4.79 Å². The van der Waals surface area contributed by atoms with E-state index in [1.807, 2.05) is 35.2 Å². The minimum Gasteiger partial charge on any atom is -0.493 e. The predicted octanol–water partition coefficient (Wildman–Crippen LogP) is 4.03. The second kappa shape index (κ2) is 8.15. The molecular weight excluding hydrogens is 368 g/mol. The number of anilines is 1. The van der Waals surface area contributed by atoms with Gasteiger partial charge in [0, 0.05) is 23.7 Å². The van der Waals surface area contributed by atoms with Gasteiger partial charge >= 0.3 is 0 Å². The molecule has 2 aromatic carbocycles. The van der Waals surface area contributed by atoms with Gasteiger partial charge in [0.2, 0.25) is 5.91 Å². The van der Waals surface area contributed by atoms with Gasteiger partial charge in [-0.25, -0.2) is 0 Å². The van der Waals surface area contributed by atoms with Gasteiger partial charge in [0.15, 0.2) is 11.5 Å². The standard InChI is InChI=1S/C23H26N2O4/c1-28-20-11-10-16(14-21(20)29-2)19-7-4-12-25(19)23(27)17-5-3-6-18(13-17)24-22(26)15-8-9-15/h3,5-6,10-11,13-15,19H,4,7-9,12H2,1-2H3,(H,24,26). The van der Waals surface area contributed by atoms with Crippen molar-refractivity contribution in [2.45, 2.75) is 31.7 Å². The highest BCUT2D eigenvalue weighted by molar-refractivity contribution is 5.98. The highest BCUT2D eigenvalue weighted by Crippen LogP contribution is 2.37. The number of methoxy groups -OCH3 is 2. The van der Waals surface area contributed by atoms with Crippen LogP contribution in [0.1, 0.15) is 47.6 Å². The van der Waals surface area contributed by atoms with Crippen LogP contribution >= 0.6 is 0 Å². The zero-order valence-corrected chi connectivity index (χ0v) is 16.8. The van der Waals surface area contributed by atoms with Crippen molar-refractivity contribution in [3.63, 3.8) is 0 Å². The Bertz CT molecular complexity index is 923. The molecule has 0 bridgehead atoms. The van der Waals surface area contributed by atoms with Crippen LogP contribution in [0.25, 0.3) is 0 Å². The van der Waals surface area contributed by atoms with Crippen LogP contribution in [0.4, 0.5) is 5.69 Å². The fourth-order valence-electron chi connectivity index (χ4n) is 3.90. The first kappa shape index (κ1) is 19.3. The normalized spacial score (nSPS) is 18.4. The molecule has 1 saturated heterocycles. The number of carbonyl (C=O) groups excluding carboxylic acids is 2. The summed E-state index contributed by atoms with van der Waals surface area (Å²) >= 11 is 0. The van der Waals surface area contributed by atoms with Crippen LogP contribution in [0.5, 0.6) is 11.5 Å². The number of nitrogens with zero attached hydrogens (tertiary/aromatic N) is 1. The monoisotopic (exact) mass is 394 g/mol. The van der Waals surface area contributed by atoms with E-state index in [0.717, 1.165) is 31.2 Å². The van der Waals surface area contributed by atoms with Gasteiger partial charge in [-0.15, -0.1) is 0 Å². The van der Waals surface area contributed by atoms with E-state index in [1.54, 1.807) is 26.4 Å². The first-order valence-electron chi connectivity index (χ1n) is 10.0. The lowest BCUT2D eigenvalue weighted by Crippen LogP contribution is -2.30. The molecule has 6 nitrogen and oxygen atoms in total. The van der Waals surface area contributed by atoms with Gasteiger partial charge in [0.1, 0.15) is 0 Å². The third-order valence-corrected chi connectivity index (χ3v) is 5.63. The van der Waals surface area contributed by atoms with Crippen LogP contribution in [0.2, 0.25) is 0 Å². The molecule has 1 N–H and O–H groups in total. The Morgan fingerprint density at radius 2 is 1.79 bits per heavy atom. The summed E-state index contributed by atoms with van der Waals surface area (Å²) in [5, 5.41) is 2.92. The van der Waals surface area contributed by atoms with Crippen molar-refractivity contribution in [1.29, 1.82) is 0 Å². The number of ether oxygens (including phenoxy) is 2. The fraction of sp³-hybridized carbons (Fsp3) is 0.391. The molecular formula is C23H26N2O4. The van der Waals surface area contributed by atoms with E-state index in [-0.39, 0.29) is 23.8 Å². The third kappa shape index (κ3) is 4.06. The highest BCUT2D eigenvalue weighted by atomic mass is 16.5. The average molecular weight is 394 g/mol. The predicted molar refractivity (Wildman–Crippen MR) is 110 cm³/mol. The van der Waals surface area contributed by atoms with Crippen LogP contribution in [0.3, 0.4) is 0 Å². The minimum absolute atomic E-state index is 0.00739. The lowest BCUT2D eigenvalue weighted by atomic mass is 10.0. The minimum atomic E-state index is -0.0233. The van der Waals surface area contributed by atoms with Gasteiger partial charge in [0.25, 0.3) is 5.91 Å². The zero-order valence-electron chi connectivity index (χ0n) is 16.8. The molecule has 2 fully saturated rings. The third-order valence-electron chi connectivity index (χ3n) is 5.63. The molecule has 152 valence electrons. The van der Waals surface area contributed by atoms with Crippen molar-refractivity contribution in [3.8, 4) is 11.5 Å². The number of hydrogen-bond acceptors (Lipinski definition) is 4. The number of carbonyl (C=O) groups is 2. The van der Waals surface area contributed by atoms with E-state index in [4.69, 9.17) is 9.47 Å². The molecule has 0 aromatic heterocycles. The second-order valence-corrected chi connectivity index (χ2v) is 7.62. The average Bonchev–Trinajstić information content (AvgIpc) is 3.50. The van der Waals surface area contributed by atoms with E-state index < -0.39 is 0 Å². The number of hydrogen-bond donors (Lipinski definition) is 1. The highest BCUT2D eigenvalue weighted by Gasteiger charge is 2.32. The lowest BCUT2D eigenvalue weighted by Gasteiger charge is -2.26. The summed E-state index contributed by atoms with van der Waals surface area (Å²) in [6, 6.07) is 13.0. The molecule has 4 rings (SSSR count). The number of amides is 2. The van der Waals surface area contributed by atoms with Gasteiger partial charge in [0.05, 0.1) is 20.3 Å². The van der Waals surface area contributed by atoms with Crippen molar-refractivity contribution in [3.05, 3.63) is 53.6 Å². The number of nitrogens with one attached hydrogen (secondary N) is 1. The fourth-order valence-corrected chi connectivity index (χ4v) is 3.90. The van der Waals surface area contributed by atoms with Crippen LogP contribution in [0, 0.1) is 5.92 Å². The van der Waals surface area contributed by atoms with Gasteiger partial charge in [-0.2, -0.15) is 0 Å². The number of rotatable bonds is 6. The molecule has 1 unspecified atom stereocenters. The Balaban J connectivity index is 1.54. The summed E-state index contributed by atoms with van der Waals surface area (Å²) in [7, 11) is 3.22. The molecule has 0 spiro atoms. The van der Waals surface area contributed by atoms with Crippen LogP contribution in [0.15, 0.2) is 42.5 Å². The van der Waals surface area contributed by atoms with Crippen molar-refractivity contribution < 1.29 is 19.1 Å². The molecule has 0 radical (unpaired) electrons. The van der Waals surface area contributed by atoms with Gasteiger partial charge in [-0.3, -0.25) is 9.59 Å². The smallest absolute Gasteiger partial charge is 0.254 e. The van der Waals surface area contributed by atoms with E-state index in [1.165, 1.54) is 0 Å². The van der Waals surface area contributed by atoms with Crippen molar-refractivity contribution >= 4 is 17.5 Å². The van der Waals surface area contributed by atoms with E-state index in [9.17, 15) is 9.59 Å². The maximum absolute atomic E-state index is 13.2. The summed E-state index contributed by atoms with van der Waals surface area (Å²) in [6.07, 6.45) is 3.75. The summed E-state index contributed by atoms with van der Waals surface area (Å²) in [4.78, 5) is 27.2. The Hall–Kier alpha value is -3.02. The van der Waals surface area contributed by atoms with Crippen molar-refractivity contribution in [1.82, 2.24) is 4.90 Å². The molecule has 2 aliphatic rings. The molecule has 1 heterocycles. The van der Waals surface area contributed by atoms with Crippen LogP contribution in [-0.4, -0.2) is 37.5 Å². The van der Waals surface area contributed by atoms with Crippen LogP contribution < -0.4 is 14.8 Å². The molecule has 1 atom stereocenters. The molecule has 2 amide bonds. The molecule has 1 aliphatic carbocycles. The maximum atomic E-state index is 13.2.